The van der Waals surface area contributed by atoms with Gasteiger partial charge in [-0.25, -0.2) is 0 Å². The lowest BCUT2D eigenvalue weighted by atomic mass is 10.0. The summed E-state index contributed by atoms with van der Waals surface area (Å²) < 4.78 is 5.48. The molecule has 0 aliphatic carbocycles. The zero-order chi connectivity index (χ0) is 53.0. The Bertz CT molecular complexity index is 1200. The van der Waals surface area contributed by atoms with Crippen molar-refractivity contribution in [3.05, 3.63) is 36.5 Å². The summed E-state index contributed by atoms with van der Waals surface area (Å²) in [5.41, 5.74) is 0. The standard InChI is InChI=1S/C66H125NO6/c1-3-5-7-9-11-13-15-16-29-33-37-41-45-49-53-57-66(72)73-60-54-50-46-42-38-34-31-28-26-24-22-20-18-17-19-21-23-25-27-30-32-36-40-44-48-52-56-65(71)67-63(61-68)64(70)59-58-62(69)55-51-47-43-39-35-14-12-10-8-6-4-2/h11,13,16,29,58-59,62-64,68-70H,3-10,12,14-15,17-28,30-57,60-61H2,1-2H3,(H,67,71)/b13-11-,29-16-,59-58+/t62-,63+,64-/m1/s1. The number of unbranched alkanes of at least 4 members (excludes halogenated alkanes) is 43. The molecule has 0 unspecified atom stereocenters. The van der Waals surface area contributed by atoms with Crippen molar-refractivity contribution in [1.82, 2.24) is 5.32 Å². The highest BCUT2D eigenvalue weighted by Crippen LogP contribution is 2.18. The van der Waals surface area contributed by atoms with Gasteiger partial charge in [0.1, 0.15) is 0 Å². The molecule has 0 rings (SSSR count). The molecule has 1 amide bonds. The van der Waals surface area contributed by atoms with Crippen LogP contribution in [0.1, 0.15) is 341 Å². The summed E-state index contributed by atoms with van der Waals surface area (Å²) >= 11 is 0. The molecule has 0 spiro atoms. The fourth-order valence-corrected chi connectivity index (χ4v) is 9.98. The highest BCUT2D eigenvalue weighted by molar-refractivity contribution is 5.76. The lowest BCUT2D eigenvalue weighted by molar-refractivity contribution is -0.143. The molecule has 0 heterocycles. The minimum atomic E-state index is -1.02. The molecule has 7 heteroatoms. The van der Waals surface area contributed by atoms with Crippen molar-refractivity contribution in [1.29, 1.82) is 0 Å². The number of rotatable bonds is 60. The molecular weight excluding hydrogens is 903 g/mol. The third-order valence-electron chi connectivity index (χ3n) is 15.0. The second kappa shape index (κ2) is 60.9. The number of hydrogen-bond donors (Lipinski definition) is 4. The van der Waals surface area contributed by atoms with Crippen LogP contribution >= 0.6 is 0 Å². The van der Waals surface area contributed by atoms with Crippen molar-refractivity contribution in [3.63, 3.8) is 0 Å². The first kappa shape index (κ1) is 71.0. The van der Waals surface area contributed by atoms with E-state index in [0.29, 0.717) is 25.9 Å². The highest BCUT2D eigenvalue weighted by atomic mass is 16.5. The smallest absolute Gasteiger partial charge is 0.305 e. The fraction of sp³-hybridized carbons (Fsp3) is 0.879. The van der Waals surface area contributed by atoms with E-state index in [1.807, 2.05) is 0 Å². The molecule has 0 aliphatic heterocycles. The third-order valence-corrected chi connectivity index (χ3v) is 15.0. The van der Waals surface area contributed by atoms with Crippen molar-refractivity contribution in [2.75, 3.05) is 13.2 Å². The van der Waals surface area contributed by atoms with Gasteiger partial charge in [0.05, 0.1) is 31.5 Å². The zero-order valence-corrected chi connectivity index (χ0v) is 48.7. The van der Waals surface area contributed by atoms with E-state index in [4.69, 9.17) is 4.74 Å². The summed E-state index contributed by atoms with van der Waals surface area (Å²) in [5.74, 6) is -0.129. The normalized spacial score (nSPS) is 13.2. The SMILES string of the molecule is CCCCC/C=C\C/C=C\CCCCCCCC(=O)OCCCCCCCCCCCCCCCCCCCCCCCCCCCCC(=O)N[C@@H](CO)[C@H](O)/C=C/[C@H](O)CCCCCCCCCCCCC. The molecule has 0 saturated heterocycles. The number of aliphatic hydroxyl groups is 3. The van der Waals surface area contributed by atoms with E-state index < -0.39 is 18.2 Å². The van der Waals surface area contributed by atoms with Crippen LogP contribution in [0.3, 0.4) is 0 Å². The Morgan fingerprint density at radius 2 is 0.753 bits per heavy atom. The number of carbonyl (C=O) groups is 2. The van der Waals surface area contributed by atoms with E-state index in [9.17, 15) is 24.9 Å². The summed E-state index contributed by atoms with van der Waals surface area (Å²) in [6.07, 6.45) is 73.5. The second-order valence-electron chi connectivity index (χ2n) is 22.3. The Morgan fingerprint density at radius 3 is 1.18 bits per heavy atom. The van der Waals surface area contributed by atoms with Crippen molar-refractivity contribution >= 4 is 11.9 Å². The molecule has 0 aliphatic rings. The van der Waals surface area contributed by atoms with Crippen LogP contribution in [-0.2, 0) is 14.3 Å². The van der Waals surface area contributed by atoms with Crippen LogP contribution in [0.4, 0.5) is 0 Å². The lowest BCUT2D eigenvalue weighted by Crippen LogP contribution is -2.45. The maximum absolute atomic E-state index is 12.5. The number of amides is 1. The maximum Gasteiger partial charge on any atom is 0.305 e. The summed E-state index contributed by atoms with van der Waals surface area (Å²) in [6.45, 7) is 4.78. The molecule has 0 bridgehead atoms. The predicted molar refractivity (Wildman–Crippen MR) is 316 cm³/mol. The van der Waals surface area contributed by atoms with E-state index in [1.165, 1.54) is 256 Å². The summed E-state index contributed by atoms with van der Waals surface area (Å²) in [7, 11) is 0. The minimum Gasteiger partial charge on any atom is -0.466 e. The zero-order valence-electron chi connectivity index (χ0n) is 48.7. The van der Waals surface area contributed by atoms with Crippen LogP contribution < -0.4 is 5.32 Å². The van der Waals surface area contributed by atoms with Gasteiger partial charge in [0, 0.05) is 12.8 Å². The van der Waals surface area contributed by atoms with E-state index in [2.05, 4.69) is 43.5 Å². The number of carbonyl (C=O) groups excluding carboxylic acids is 2. The molecule has 7 nitrogen and oxygen atoms in total. The largest absolute Gasteiger partial charge is 0.466 e. The molecule has 0 fully saturated rings. The lowest BCUT2D eigenvalue weighted by Gasteiger charge is -2.20. The quantitative estimate of drug-likeness (QED) is 0.0274. The first-order valence-corrected chi connectivity index (χ1v) is 32.3. The number of ether oxygens (including phenoxy) is 1. The molecule has 73 heavy (non-hydrogen) atoms. The number of aliphatic hydroxyl groups excluding tert-OH is 3. The molecule has 0 radical (unpaired) electrons. The van der Waals surface area contributed by atoms with Gasteiger partial charge in [-0.2, -0.15) is 0 Å². The molecule has 430 valence electrons. The van der Waals surface area contributed by atoms with Crippen LogP contribution in [0.2, 0.25) is 0 Å². The first-order chi connectivity index (χ1) is 35.9. The topological polar surface area (TPSA) is 116 Å². The minimum absolute atomic E-state index is 0.00000744. The summed E-state index contributed by atoms with van der Waals surface area (Å²) in [4.78, 5) is 24.5. The van der Waals surface area contributed by atoms with Gasteiger partial charge in [-0.3, -0.25) is 9.59 Å². The molecule has 0 aromatic rings. The van der Waals surface area contributed by atoms with Crippen LogP contribution in [0.15, 0.2) is 36.5 Å². The van der Waals surface area contributed by atoms with Crippen LogP contribution in [0, 0.1) is 0 Å². The summed E-state index contributed by atoms with van der Waals surface area (Å²) in [5, 5.41) is 33.4. The predicted octanol–water partition coefficient (Wildman–Crippen LogP) is 19.3. The number of nitrogens with one attached hydrogen (secondary N) is 1. The van der Waals surface area contributed by atoms with Gasteiger partial charge >= 0.3 is 5.97 Å². The Hall–Kier alpha value is -1.96. The van der Waals surface area contributed by atoms with E-state index in [1.54, 1.807) is 6.08 Å². The van der Waals surface area contributed by atoms with Gasteiger partial charge in [0.15, 0.2) is 0 Å². The maximum atomic E-state index is 12.5. The van der Waals surface area contributed by atoms with Crippen molar-refractivity contribution < 1.29 is 29.6 Å². The molecule has 0 saturated carbocycles. The average Bonchev–Trinajstić information content (AvgIpc) is 3.39. The van der Waals surface area contributed by atoms with Gasteiger partial charge < -0.3 is 25.4 Å². The van der Waals surface area contributed by atoms with Crippen LogP contribution in [0.25, 0.3) is 0 Å². The van der Waals surface area contributed by atoms with Gasteiger partial charge in [-0.1, -0.05) is 307 Å². The molecule has 3 atom stereocenters. The van der Waals surface area contributed by atoms with Gasteiger partial charge in [0.2, 0.25) is 5.91 Å². The van der Waals surface area contributed by atoms with Gasteiger partial charge in [-0.05, 0) is 57.8 Å². The Labute approximate surface area is 454 Å². The van der Waals surface area contributed by atoms with E-state index in [0.717, 1.165) is 57.8 Å². The van der Waals surface area contributed by atoms with Crippen molar-refractivity contribution in [2.45, 2.75) is 360 Å². The van der Waals surface area contributed by atoms with Gasteiger partial charge in [-0.15, -0.1) is 0 Å². The van der Waals surface area contributed by atoms with Crippen LogP contribution in [-0.4, -0.2) is 58.7 Å². The van der Waals surface area contributed by atoms with Gasteiger partial charge in [0.25, 0.3) is 0 Å². The first-order valence-electron chi connectivity index (χ1n) is 32.3. The molecule has 0 aromatic carbocycles. The second-order valence-corrected chi connectivity index (χ2v) is 22.3. The molecule has 0 aromatic heterocycles. The molecule has 4 N–H and O–H groups in total. The third kappa shape index (κ3) is 57.6. The van der Waals surface area contributed by atoms with Crippen molar-refractivity contribution in [2.24, 2.45) is 0 Å². The van der Waals surface area contributed by atoms with Crippen LogP contribution in [0.5, 0.6) is 0 Å². The molecular formula is C66H125NO6. The van der Waals surface area contributed by atoms with E-state index in [-0.39, 0.29) is 18.5 Å². The Kier molecular flexibility index (Phi) is 59.3. The number of esters is 1. The monoisotopic (exact) mass is 1030 g/mol. The number of hydrogen-bond acceptors (Lipinski definition) is 6. The summed E-state index contributed by atoms with van der Waals surface area (Å²) in [6, 6.07) is -0.749. The highest BCUT2D eigenvalue weighted by Gasteiger charge is 2.18. The Morgan fingerprint density at radius 1 is 0.411 bits per heavy atom. The average molecular weight is 1030 g/mol. The fourth-order valence-electron chi connectivity index (χ4n) is 9.98. The Balaban J connectivity index is 3.41. The van der Waals surface area contributed by atoms with E-state index >= 15 is 0 Å². The van der Waals surface area contributed by atoms with Crippen molar-refractivity contribution in [3.8, 4) is 0 Å². The number of allylic oxidation sites excluding steroid dienone is 4.